The molecule has 0 saturated carbocycles. The number of morpholine rings is 1. The Morgan fingerprint density at radius 3 is 2.31 bits per heavy atom. The van der Waals surface area contributed by atoms with E-state index in [1.165, 1.54) is 6.92 Å². The molecule has 29 heavy (non-hydrogen) atoms. The normalized spacial score (nSPS) is 13.7. The summed E-state index contributed by atoms with van der Waals surface area (Å²) in [5.41, 5.74) is 3.87. The van der Waals surface area contributed by atoms with E-state index >= 15 is 0 Å². The maximum atomic E-state index is 12.8. The van der Waals surface area contributed by atoms with Crippen LogP contribution in [0.25, 0.3) is 0 Å². The number of amides is 3. The van der Waals surface area contributed by atoms with Crippen LogP contribution in [0.5, 0.6) is 0 Å². The fourth-order valence-electron chi connectivity index (χ4n) is 3.22. The predicted molar refractivity (Wildman–Crippen MR) is 111 cm³/mol. The molecule has 152 valence electrons. The molecule has 1 fully saturated rings. The van der Waals surface area contributed by atoms with Crippen molar-refractivity contribution in [2.75, 3.05) is 36.9 Å². The van der Waals surface area contributed by atoms with E-state index in [1.807, 2.05) is 13.8 Å². The number of anilines is 2. The van der Waals surface area contributed by atoms with Crippen LogP contribution >= 0.6 is 0 Å². The maximum absolute atomic E-state index is 12.8. The van der Waals surface area contributed by atoms with E-state index < -0.39 is 0 Å². The minimum Gasteiger partial charge on any atom is -0.378 e. The Balaban J connectivity index is 1.75. The third kappa shape index (κ3) is 5.00. The lowest BCUT2D eigenvalue weighted by Gasteiger charge is -2.27. The highest BCUT2D eigenvalue weighted by Crippen LogP contribution is 2.21. The molecule has 0 aliphatic carbocycles. The minimum atomic E-state index is -0.273. The van der Waals surface area contributed by atoms with Gasteiger partial charge < -0.3 is 20.3 Å². The summed E-state index contributed by atoms with van der Waals surface area (Å²) < 4.78 is 5.29. The van der Waals surface area contributed by atoms with Gasteiger partial charge in [-0.3, -0.25) is 14.4 Å². The van der Waals surface area contributed by atoms with Gasteiger partial charge in [-0.25, -0.2) is 0 Å². The second-order valence-electron chi connectivity index (χ2n) is 7.10. The number of hydrogen-bond donors (Lipinski definition) is 2. The summed E-state index contributed by atoms with van der Waals surface area (Å²) in [6, 6.07) is 10.4. The van der Waals surface area contributed by atoms with Crippen molar-refractivity contribution in [3.05, 3.63) is 58.7 Å². The van der Waals surface area contributed by atoms with Crippen LogP contribution in [-0.2, 0) is 9.53 Å². The zero-order valence-electron chi connectivity index (χ0n) is 16.9. The Kier molecular flexibility index (Phi) is 6.29. The number of hydrogen-bond acceptors (Lipinski definition) is 4. The molecule has 0 bridgehead atoms. The number of ether oxygens (including phenoxy) is 1. The van der Waals surface area contributed by atoms with E-state index in [0.29, 0.717) is 48.8 Å². The van der Waals surface area contributed by atoms with E-state index in [9.17, 15) is 14.4 Å². The molecule has 2 aromatic carbocycles. The van der Waals surface area contributed by atoms with E-state index in [0.717, 1.165) is 11.1 Å². The molecule has 3 rings (SSSR count). The quantitative estimate of drug-likeness (QED) is 0.833. The first kappa shape index (κ1) is 20.5. The lowest BCUT2D eigenvalue weighted by molar-refractivity contribution is -0.114. The molecule has 7 heteroatoms. The van der Waals surface area contributed by atoms with Crippen molar-refractivity contribution in [3.63, 3.8) is 0 Å². The first-order valence-corrected chi connectivity index (χ1v) is 9.52. The van der Waals surface area contributed by atoms with Crippen LogP contribution in [0.15, 0.2) is 36.4 Å². The van der Waals surface area contributed by atoms with Crippen LogP contribution in [0.4, 0.5) is 11.4 Å². The fourth-order valence-corrected chi connectivity index (χ4v) is 3.22. The van der Waals surface area contributed by atoms with Gasteiger partial charge in [0.2, 0.25) is 5.91 Å². The number of rotatable bonds is 4. The molecule has 1 saturated heterocycles. The number of nitrogens with zero attached hydrogens (tertiary/aromatic N) is 1. The van der Waals surface area contributed by atoms with Gasteiger partial charge in [-0.15, -0.1) is 0 Å². The van der Waals surface area contributed by atoms with Gasteiger partial charge >= 0.3 is 0 Å². The second-order valence-corrected chi connectivity index (χ2v) is 7.10. The lowest BCUT2D eigenvalue weighted by atomic mass is 10.1. The minimum absolute atomic E-state index is 0.0341. The number of carbonyl (C=O) groups is 3. The zero-order chi connectivity index (χ0) is 21.0. The largest absolute Gasteiger partial charge is 0.378 e. The van der Waals surface area contributed by atoms with Crippen molar-refractivity contribution >= 4 is 29.1 Å². The average Bonchev–Trinajstić information content (AvgIpc) is 2.70. The predicted octanol–water partition coefficient (Wildman–Crippen LogP) is 2.99. The molecule has 1 aliphatic heterocycles. The number of benzene rings is 2. The Hall–Kier alpha value is -3.19. The molecule has 0 radical (unpaired) electrons. The molecule has 2 aromatic rings. The highest BCUT2D eigenvalue weighted by molar-refractivity contribution is 6.07. The van der Waals surface area contributed by atoms with E-state index in [-0.39, 0.29) is 17.7 Å². The third-order valence-electron chi connectivity index (χ3n) is 4.82. The summed E-state index contributed by atoms with van der Waals surface area (Å²) in [5, 5.41) is 5.58. The third-order valence-corrected chi connectivity index (χ3v) is 4.82. The van der Waals surface area contributed by atoms with E-state index in [4.69, 9.17) is 4.74 Å². The highest BCUT2D eigenvalue weighted by atomic mass is 16.5. The van der Waals surface area contributed by atoms with Gasteiger partial charge in [0.1, 0.15) is 0 Å². The summed E-state index contributed by atoms with van der Waals surface area (Å²) >= 11 is 0. The molecule has 0 spiro atoms. The molecule has 3 amide bonds. The summed E-state index contributed by atoms with van der Waals surface area (Å²) in [5.74, 6) is -0.505. The summed E-state index contributed by atoms with van der Waals surface area (Å²) in [4.78, 5) is 38.4. The van der Waals surface area contributed by atoms with Crippen LogP contribution < -0.4 is 10.6 Å². The standard InChI is InChI=1S/C22H25N3O4/c1-14-4-6-18(23-16(3)26)13-19(14)21(27)24-20-7-5-17(12-15(20)2)22(28)25-8-10-29-11-9-25/h4-7,12-13H,8-11H2,1-3H3,(H,23,26)(H,24,27). The summed E-state index contributed by atoms with van der Waals surface area (Å²) in [7, 11) is 0. The molecule has 7 nitrogen and oxygen atoms in total. The van der Waals surface area contributed by atoms with Gasteiger partial charge in [-0.1, -0.05) is 6.07 Å². The van der Waals surface area contributed by atoms with Crippen molar-refractivity contribution in [1.82, 2.24) is 4.90 Å². The molecule has 0 aromatic heterocycles. The Morgan fingerprint density at radius 1 is 0.931 bits per heavy atom. The topological polar surface area (TPSA) is 87.7 Å². The van der Waals surface area contributed by atoms with Crippen LogP contribution in [0.3, 0.4) is 0 Å². The number of aryl methyl sites for hydroxylation is 2. The summed E-state index contributed by atoms with van der Waals surface area (Å²) in [6.45, 7) is 7.38. The SMILES string of the molecule is CC(=O)Nc1ccc(C)c(C(=O)Nc2ccc(C(=O)N3CCOCC3)cc2C)c1. The van der Waals surface area contributed by atoms with Crippen molar-refractivity contribution in [1.29, 1.82) is 0 Å². The maximum Gasteiger partial charge on any atom is 0.256 e. The van der Waals surface area contributed by atoms with Crippen LogP contribution in [-0.4, -0.2) is 48.9 Å². The zero-order valence-corrected chi connectivity index (χ0v) is 16.9. The lowest BCUT2D eigenvalue weighted by Crippen LogP contribution is -2.40. The van der Waals surface area contributed by atoms with Gasteiger partial charge in [0.15, 0.2) is 0 Å². The number of carbonyl (C=O) groups excluding carboxylic acids is 3. The van der Waals surface area contributed by atoms with Gasteiger partial charge in [0, 0.05) is 42.5 Å². The highest BCUT2D eigenvalue weighted by Gasteiger charge is 2.19. The Morgan fingerprint density at radius 2 is 1.66 bits per heavy atom. The Labute approximate surface area is 170 Å². The number of nitrogens with one attached hydrogen (secondary N) is 2. The van der Waals surface area contributed by atoms with Crippen molar-refractivity contribution in [2.24, 2.45) is 0 Å². The first-order valence-electron chi connectivity index (χ1n) is 9.52. The Bertz CT molecular complexity index is 949. The van der Waals surface area contributed by atoms with Gasteiger partial charge in [0.25, 0.3) is 11.8 Å². The smallest absolute Gasteiger partial charge is 0.256 e. The van der Waals surface area contributed by atoms with Crippen molar-refractivity contribution in [3.8, 4) is 0 Å². The van der Waals surface area contributed by atoms with Gasteiger partial charge in [-0.2, -0.15) is 0 Å². The van der Waals surface area contributed by atoms with E-state index in [2.05, 4.69) is 10.6 Å². The molecule has 1 aliphatic rings. The molecule has 0 unspecified atom stereocenters. The van der Waals surface area contributed by atoms with Crippen LogP contribution in [0, 0.1) is 13.8 Å². The monoisotopic (exact) mass is 395 g/mol. The van der Waals surface area contributed by atoms with E-state index in [1.54, 1.807) is 41.3 Å². The molecule has 2 N–H and O–H groups in total. The van der Waals surface area contributed by atoms with Gasteiger partial charge in [0.05, 0.1) is 13.2 Å². The first-order chi connectivity index (χ1) is 13.8. The average molecular weight is 395 g/mol. The molecular formula is C22H25N3O4. The molecule has 0 atom stereocenters. The molecular weight excluding hydrogens is 370 g/mol. The van der Waals surface area contributed by atoms with Crippen LogP contribution in [0.2, 0.25) is 0 Å². The fraction of sp³-hybridized carbons (Fsp3) is 0.318. The summed E-state index contributed by atoms with van der Waals surface area (Å²) in [6.07, 6.45) is 0. The second kappa shape index (κ2) is 8.87. The molecule has 1 heterocycles. The van der Waals surface area contributed by atoms with Crippen LogP contribution in [0.1, 0.15) is 38.8 Å². The van der Waals surface area contributed by atoms with Gasteiger partial charge in [-0.05, 0) is 55.3 Å². The van der Waals surface area contributed by atoms with Crippen molar-refractivity contribution < 1.29 is 19.1 Å². The van der Waals surface area contributed by atoms with Crippen molar-refractivity contribution in [2.45, 2.75) is 20.8 Å².